The largest absolute Gasteiger partial charge is 0.369 e. The summed E-state index contributed by atoms with van der Waals surface area (Å²) >= 11 is 1.81. The van der Waals surface area contributed by atoms with Crippen molar-refractivity contribution in [2.75, 3.05) is 7.05 Å². The van der Waals surface area contributed by atoms with Crippen molar-refractivity contribution < 1.29 is 0 Å². The Labute approximate surface area is 83.0 Å². The molecule has 0 fully saturated rings. The van der Waals surface area contributed by atoms with Crippen molar-refractivity contribution in [2.24, 2.45) is 0 Å². The molecule has 0 saturated heterocycles. The fourth-order valence-electron chi connectivity index (χ4n) is 1.58. The van der Waals surface area contributed by atoms with Crippen molar-refractivity contribution in [3.8, 4) is 0 Å². The average molecular weight is 191 g/mol. The van der Waals surface area contributed by atoms with E-state index in [4.69, 9.17) is 0 Å². The molecule has 1 nitrogen and oxygen atoms in total. The third kappa shape index (κ3) is 1.68. The van der Waals surface area contributed by atoms with Crippen molar-refractivity contribution in [2.45, 2.75) is 13.0 Å². The lowest BCUT2D eigenvalue weighted by Gasteiger charge is -2.26. The molecule has 0 aromatic carbocycles. The summed E-state index contributed by atoms with van der Waals surface area (Å²) in [6, 6.07) is 4.72. The zero-order valence-electron chi connectivity index (χ0n) is 7.90. The van der Waals surface area contributed by atoms with Gasteiger partial charge in [0.15, 0.2) is 0 Å². The molecule has 0 saturated carbocycles. The summed E-state index contributed by atoms with van der Waals surface area (Å²) in [5.74, 6) is 0. The standard InChI is InChI=1S/C11H13NS/c1-9-5-6-10(12(2)8-9)11-4-3-7-13-11/h3-8,10H,1-2H3. The minimum Gasteiger partial charge on any atom is -0.369 e. The summed E-state index contributed by atoms with van der Waals surface area (Å²) in [6.45, 7) is 2.12. The van der Waals surface area contributed by atoms with Gasteiger partial charge in [0.1, 0.15) is 0 Å². The third-order valence-corrected chi connectivity index (χ3v) is 3.17. The molecule has 1 aromatic rings. The predicted molar refractivity (Wildman–Crippen MR) is 57.7 cm³/mol. The molecule has 13 heavy (non-hydrogen) atoms. The van der Waals surface area contributed by atoms with Gasteiger partial charge in [0.05, 0.1) is 6.04 Å². The van der Waals surface area contributed by atoms with Gasteiger partial charge in [-0.05, 0) is 23.9 Å². The Morgan fingerprint density at radius 1 is 1.46 bits per heavy atom. The number of hydrogen-bond donors (Lipinski definition) is 0. The molecule has 1 aliphatic rings. The number of hydrogen-bond acceptors (Lipinski definition) is 2. The van der Waals surface area contributed by atoms with Crippen LogP contribution in [0.1, 0.15) is 17.8 Å². The minimum atomic E-state index is 0.434. The Balaban J connectivity index is 2.24. The van der Waals surface area contributed by atoms with Gasteiger partial charge in [0.2, 0.25) is 0 Å². The lowest BCUT2D eigenvalue weighted by molar-refractivity contribution is 0.391. The highest BCUT2D eigenvalue weighted by molar-refractivity contribution is 7.10. The van der Waals surface area contributed by atoms with Crippen LogP contribution in [-0.2, 0) is 0 Å². The first-order chi connectivity index (χ1) is 6.27. The van der Waals surface area contributed by atoms with Crippen LogP contribution in [0, 0.1) is 0 Å². The first kappa shape index (κ1) is 8.57. The zero-order valence-corrected chi connectivity index (χ0v) is 8.71. The normalized spacial score (nSPS) is 21.8. The van der Waals surface area contributed by atoms with Gasteiger partial charge in [-0.3, -0.25) is 0 Å². The second-order valence-electron chi connectivity index (χ2n) is 3.36. The van der Waals surface area contributed by atoms with Crippen molar-refractivity contribution in [1.82, 2.24) is 4.90 Å². The number of allylic oxidation sites excluding steroid dienone is 2. The van der Waals surface area contributed by atoms with E-state index in [-0.39, 0.29) is 0 Å². The quantitative estimate of drug-likeness (QED) is 0.659. The first-order valence-electron chi connectivity index (χ1n) is 4.39. The maximum Gasteiger partial charge on any atom is 0.0813 e. The molecule has 0 amide bonds. The van der Waals surface area contributed by atoms with Gasteiger partial charge in [0.25, 0.3) is 0 Å². The molecule has 0 spiro atoms. The highest BCUT2D eigenvalue weighted by Crippen LogP contribution is 2.28. The van der Waals surface area contributed by atoms with Gasteiger partial charge in [-0.25, -0.2) is 0 Å². The maximum atomic E-state index is 2.25. The van der Waals surface area contributed by atoms with Crippen LogP contribution in [0.15, 0.2) is 41.4 Å². The van der Waals surface area contributed by atoms with E-state index < -0.39 is 0 Å². The van der Waals surface area contributed by atoms with Gasteiger partial charge in [-0.15, -0.1) is 11.3 Å². The van der Waals surface area contributed by atoms with E-state index in [2.05, 4.69) is 54.7 Å². The topological polar surface area (TPSA) is 3.24 Å². The predicted octanol–water partition coefficient (Wildman–Crippen LogP) is 3.19. The summed E-state index contributed by atoms with van der Waals surface area (Å²) < 4.78 is 0. The van der Waals surface area contributed by atoms with E-state index in [0.29, 0.717) is 6.04 Å². The maximum absolute atomic E-state index is 2.25. The number of nitrogens with zero attached hydrogens (tertiary/aromatic N) is 1. The smallest absolute Gasteiger partial charge is 0.0813 e. The molecule has 0 radical (unpaired) electrons. The van der Waals surface area contributed by atoms with Crippen LogP contribution in [0.5, 0.6) is 0 Å². The molecule has 2 heteroatoms. The van der Waals surface area contributed by atoms with Crippen molar-refractivity contribution >= 4 is 11.3 Å². The highest BCUT2D eigenvalue weighted by Gasteiger charge is 2.14. The van der Waals surface area contributed by atoms with E-state index in [1.165, 1.54) is 10.5 Å². The van der Waals surface area contributed by atoms with Crippen LogP contribution in [0.4, 0.5) is 0 Å². The highest BCUT2D eigenvalue weighted by atomic mass is 32.1. The second-order valence-corrected chi connectivity index (χ2v) is 4.34. The zero-order chi connectivity index (χ0) is 9.26. The summed E-state index contributed by atoms with van der Waals surface area (Å²) in [7, 11) is 2.12. The molecule has 1 aliphatic heterocycles. The van der Waals surface area contributed by atoms with Gasteiger partial charge in [0, 0.05) is 18.1 Å². The molecule has 2 heterocycles. The molecule has 0 aliphatic carbocycles. The Hall–Kier alpha value is -1.02. The third-order valence-electron chi connectivity index (χ3n) is 2.22. The Morgan fingerprint density at radius 3 is 2.92 bits per heavy atom. The van der Waals surface area contributed by atoms with Crippen molar-refractivity contribution in [1.29, 1.82) is 0 Å². The minimum absolute atomic E-state index is 0.434. The van der Waals surface area contributed by atoms with Crippen molar-refractivity contribution in [3.05, 3.63) is 46.3 Å². The summed E-state index contributed by atoms with van der Waals surface area (Å²) in [5.41, 5.74) is 1.32. The molecule has 1 atom stereocenters. The average Bonchev–Trinajstić information content (AvgIpc) is 2.56. The number of thiophene rings is 1. The van der Waals surface area contributed by atoms with E-state index >= 15 is 0 Å². The summed E-state index contributed by atoms with van der Waals surface area (Å²) in [5, 5.41) is 2.13. The van der Waals surface area contributed by atoms with Crippen LogP contribution in [-0.4, -0.2) is 11.9 Å². The lowest BCUT2D eigenvalue weighted by atomic mass is 10.1. The Kier molecular flexibility index (Phi) is 2.23. The van der Waals surface area contributed by atoms with E-state index in [0.717, 1.165) is 0 Å². The van der Waals surface area contributed by atoms with Gasteiger partial charge < -0.3 is 4.90 Å². The van der Waals surface area contributed by atoms with Crippen molar-refractivity contribution in [3.63, 3.8) is 0 Å². The molecule has 1 unspecified atom stereocenters. The monoisotopic (exact) mass is 191 g/mol. The SMILES string of the molecule is CC1=CN(C)C(c2cccs2)C=C1. The molecular formula is C11H13NS. The van der Waals surface area contributed by atoms with Crippen LogP contribution in [0.3, 0.4) is 0 Å². The van der Waals surface area contributed by atoms with Gasteiger partial charge in [-0.2, -0.15) is 0 Å². The molecule has 1 aromatic heterocycles. The van der Waals surface area contributed by atoms with Crippen LogP contribution in [0.25, 0.3) is 0 Å². The van der Waals surface area contributed by atoms with E-state index in [9.17, 15) is 0 Å². The fourth-order valence-corrected chi connectivity index (χ4v) is 2.43. The fraction of sp³-hybridized carbons (Fsp3) is 0.273. The number of rotatable bonds is 1. The summed E-state index contributed by atoms with van der Waals surface area (Å²) in [4.78, 5) is 3.66. The molecule has 0 N–H and O–H groups in total. The van der Waals surface area contributed by atoms with E-state index in [1.54, 1.807) is 0 Å². The van der Waals surface area contributed by atoms with Crippen LogP contribution >= 0.6 is 11.3 Å². The number of likely N-dealkylation sites (N-methyl/N-ethyl adjacent to an activating group) is 1. The first-order valence-corrected chi connectivity index (χ1v) is 5.27. The van der Waals surface area contributed by atoms with Gasteiger partial charge >= 0.3 is 0 Å². The molecule has 68 valence electrons. The van der Waals surface area contributed by atoms with Gasteiger partial charge in [-0.1, -0.05) is 18.2 Å². The van der Waals surface area contributed by atoms with E-state index in [1.807, 2.05) is 11.3 Å². The molecular weight excluding hydrogens is 178 g/mol. The molecule has 0 bridgehead atoms. The second kappa shape index (κ2) is 3.38. The Bertz CT molecular complexity index is 335. The molecule has 2 rings (SSSR count). The lowest BCUT2D eigenvalue weighted by Crippen LogP contribution is -2.18. The Morgan fingerprint density at radius 2 is 2.31 bits per heavy atom. The van der Waals surface area contributed by atoms with Crippen LogP contribution in [0.2, 0.25) is 0 Å². The summed E-state index contributed by atoms with van der Waals surface area (Å²) in [6.07, 6.45) is 6.62. The van der Waals surface area contributed by atoms with Crippen LogP contribution < -0.4 is 0 Å².